The predicted octanol–water partition coefficient (Wildman–Crippen LogP) is 12.1. The largest absolute Gasteiger partial charge is 0.394 e. The molecule has 80 heavy (non-hydrogen) atoms. The van der Waals surface area contributed by atoms with Gasteiger partial charge in [-0.3, -0.25) is 4.79 Å². The highest BCUT2D eigenvalue weighted by molar-refractivity contribution is 5.76. The zero-order valence-corrected chi connectivity index (χ0v) is 50.3. The van der Waals surface area contributed by atoms with E-state index < -0.39 is 86.8 Å². The summed E-state index contributed by atoms with van der Waals surface area (Å²) in [7, 11) is 0. The van der Waals surface area contributed by atoms with Crippen molar-refractivity contribution in [3.05, 3.63) is 60.8 Å². The van der Waals surface area contributed by atoms with E-state index in [2.05, 4.69) is 67.8 Å². The lowest BCUT2D eigenvalue weighted by Gasteiger charge is -2.46. The van der Waals surface area contributed by atoms with Crippen molar-refractivity contribution in [2.75, 3.05) is 19.8 Å². The van der Waals surface area contributed by atoms with Crippen molar-refractivity contribution in [2.24, 2.45) is 0 Å². The molecule has 466 valence electrons. The molecule has 14 heteroatoms. The van der Waals surface area contributed by atoms with Gasteiger partial charge in [0.1, 0.15) is 48.8 Å². The second-order valence-corrected chi connectivity index (χ2v) is 22.9. The van der Waals surface area contributed by atoms with E-state index in [-0.39, 0.29) is 18.9 Å². The number of aliphatic hydroxyl groups excluding tert-OH is 8. The third-order valence-corrected chi connectivity index (χ3v) is 15.7. The molecule has 2 aliphatic rings. The number of unbranched alkanes of at least 4 members (excludes halogenated alkanes) is 31. The fraction of sp³-hybridized carbons (Fsp3) is 0.833. The van der Waals surface area contributed by atoms with Gasteiger partial charge < -0.3 is 65.1 Å². The van der Waals surface area contributed by atoms with Crippen LogP contribution in [0.1, 0.15) is 258 Å². The van der Waals surface area contributed by atoms with Gasteiger partial charge in [-0.15, -0.1) is 0 Å². The van der Waals surface area contributed by atoms with Crippen molar-refractivity contribution >= 4 is 5.91 Å². The Morgan fingerprint density at radius 1 is 0.450 bits per heavy atom. The summed E-state index contributed by atoms with van der Waals surface area (Å²) in [5.41, 5.74) is 0. The third-order valence-electron chi connectivity index (χ3n) is 15.7. The number of aliphatic hydroxyl groups is 8. The Labute approximate surface area is 486 Å². The molecule has 2 fully saturated rings. The van der Waals surface area contributed by atoms with Gasteiger partial charge >= 0.3 is 0 Å². The van der Waals surface area contributed by atoms with Gasteiger partial charge in [-0.2, -0.15) is 0 Å². The molecule has 12 unspecified atom stereocenters. The highest BCUT2D eigenvalue weighted by atomic mass is 16.7. The molecule has 14 nitrogen and oxygen atoms in total. The number of carbonyl (C=O) groups excluding carboxylic acids is 1. The van der Waals surface area contributed by atoms with Gasteiger partial charge in [0, 0.05) is 6.42 Å². The molecule has 0 spiro atoms. The van der Waals surface area contributed by atoms with Crippen LogP contribution in [0.3, 0.4) is 0 Å². The third kappa shape index (κ3) is 35.7. The Bertz CT molecular complexity index is 1570. The maximum Gasteiger partial charge on any atom is 0.220 e. The average molecular weight is 1130 g/mol. The minimum atomic E-state index is -1.80. The smallest absolute Gasteiger partial charge is 0.220 e. The molecule has 9 N–H and O–H groups in total. The lowest BCUT2D eigenvalue weighted by molar-refractivity contribution is -0.359. The maximum atomic E-state index is 13.3. The van der Waals surface area contributed by atoms with Gasteiger partial charge in [0.2, 0.25) is 5.91 Å². The molecule has 0 radical (unpaired) electrons. The van der Waals surface area contributed by atoms with Crippen molar-refractivity contribution in [1.29, 1.82) is 0 Å². The van der Waals surface area contributed by atoms with Crippen LogP contribution in [0.15, 0.2) is 60.8 Å². The molecular formula is C66H119NO13. The molecule has 0 bridgehead atoms. The molecule has 0 saturated carbocycles. The molecule has 12 atom stereocenters. The minimum Gasteiger partial charge on any atom is -0.394 e. The Morgan fingerprint density at radius 3 is 1.32 bits per heavy atom. The van der Waals surface area contributed by atoms with Crippen LogP contribution in [-0.2, 0) is 23.7 Å². The minimum absolute atomic E-state index is 0.258. The Morgan fingerprint density at radius 2 is 0.838 bits per heavy atom. The van der Waals surface area contributed by atoms with E-state index in [0.29, 0.717) is 12.8 Å². The van der Waals surface area contributed by atoms with Crippen molar-refractivity contribution in [3.63, 3.8) is 0 Å². The van der Waals surface area contributed by atoms with Gasteiger partial charge in [-0.05, 0) is 77.0 Å². The summed E-state index contributed by atoms with van der Waals surface area (Å²) < 4.78 is 22.8. The van der Waals surface area contributed by atoms with Crippen molar-refractivity contribution in [2.45, 2.75) is 331 Å². The van der Waals surface area contributed by atoms with Crippen LogP contribution >= 0.6 is 0 Å². The topological polar surface area (TPSA) is 228 Å². The van der Waals surface area contributed by atoms with Crippen LogP contribution in [0, 0.1) is 0 Å². The summed E-state index contributed by atoms with van der Waals surface area (Å²) in [6.45, 7) is 2.76. The second kappa shape index (κ2) is 51.1. The maximum absolute atomic E-state index is 13.3. The molecule has 0 aromatic rings. The predicted molar refractivity (Wildman–Crippen MR) is 323 cm³/mol. The standard InChI is InChI=1S/C66H119NO13/c1-3-5-7-9-11-13-15-17-19-21-23-24-25-26-27-28-29-30-32-33-35-37-39-41-43-45-47-49-55(70)54(67-58(71)50-48-46-44-42-40-38-36-34-31-22-20-18-16-14-12-10-8-6-4-2)53-77-65-63(76)61(74)64(57(52-69)79-65)80-66-62(75)60(73)59(72)56(51-68)78-66/h12,14,18,20,32-33,39,41,47,49,54-57,59-66,68-70,72-76H,3-11,13,15-17,19,21-31,34-38,40,42-46,48,50-53H2,1-2H3,(H,67,71)/b14-12-,20-18-,33-32+,41-39+,49-47+. The quantitative estimate of drug-likeness (QED) is 0.0204. The van der Waals surface area contributed by atoms with Crippen molar-refractivity contribution < 1.29 is 64.6 Å². The molecule has 0 aliphatic carbocycles. The zero-order valence-electron chi connectivity index (χ0n) is 50.3. The van der Waals surface area contributed by atoms with E-state index in [1.165, 1.54) is 167 Å². The van der Waals surface area contributed by atoms with Crippen molar-refractivity contribution in [3.8, 4) is 0 Å². The number of nitrogens with one attached hydrogen (secondary N) is 1. The highest BCUT2D eigenvalue weighted by Gasteiger charge is 2.51. The lowest BCUT2D eigenvalue weighted by atomic mass is 9.97. The summed E-state index contributed by atoms with van der Waals surface area (Å²) in [5.74, 6) is -0.258. The van der Waals surface area contributed by atoms with E-state index in [1.54, 1.807) is 6.08 Å². The van der Waals surface area contributed by atoms with Crippen LogP contribution in [0.5, 0.6) is 0 Å². The molecule has 2 aliphatic heterocycles. The molecule has 0 aromatic carbocycles. The fourth-order valence-corrected chi connectivity index (χ4v) is 10.4. The number of rotatable bonds is 52. The monoisotopic (exact) mass is 1130 g/mol. The van der Waals surface area contributed by atoms with Gasteiger partial charge in [-0.1, -0.05) is 235 Å². The van der Waals surface area contributed by atoms with Gasteiger partial charge in [-0.25, -0.2) is 0 Å². The van der Waals surface area contributed by atoms with Gasteiger partial charge in [0.15, 0.2) is 12.6 Å². The molecule has 1 amide bonds. The summed E-state index contributed by atoms with van der Waals surface area (Å²) in [5, 5.41) is 87.2. The molecule has 2 heterocycles. The van der Waals surface area contributed by atoms with Gasteiger partial charge in [0.25, 0.3) is 0 Å². The van der Waals surface area contributed by atoms with Gasteiger partial charge in [0.05, 0.1) is 32.0 Å². The first-order valence-corrected chi connectivity index (χ1v) is 32.5. The van der Waals surface area contributed by atoms with Crippen LogP contribution in [0.4, 0.5) is 0 Å². The lowest BCUT2D eigenvalue weighted by Crippen LogP contribution is -2.65. The number of hydrogen-bond acceptors (Lipinski definition) is 13. The second-order valence-electron chi connectivity index (χ2n) is 22.9. The summed E-state index contributed by atoms with van der Waals surface area (Å²) in [6.07, 6.45) is 49.8. The Kier molecular flexibility index (Phi) is 47.2. The molecule has 0 aromatic heterocycles. The normalized spacial score (nSPS) is 24.6. The van der Waals surface area contributed by atoms with Crippen LogP contribution in [0.25, 0.3) is 0 Å². The van der Waals surface area contributed by atoms with E-state index in [0.717, 1.165) is 57.8 Å². The first-order chi connectivity index (χ1) is 39.1. The number of allylic oxidation sites excluding steroid dienone is 9. The number of hydrogen-bond donors (Lipinski definition) is 9. The summed E-state index contributed by atoms with van der Waals surface area (Å²) in [4.78, 5) is 13.3. The van der Waals surface area contributed by atoms with E-state index >= 15 is 0 Å². The highest BCUT2D eigenvalue weighted by Crippen LogP contribution is 2.30. The van der Waals surface area contributed by atoms with Crippen LogP contribution in [0.2, 0.25) is 0 Å². The Balaban J connectivity index is 1.75. The number of ether oxygens (including phenoxy) is 4. The van der Waals surface area contributed by atoms with E-state index in [4.69, 9.17) is 18.9 Å². The zero-order chi connectivity index (χ0) is 58.1. The molecule has 2 saturated heterocycles. The number of carbonyl (C=O) groups is 1. The molecule has 2 rings (SSSR count). The summed E-state index contributed by atoms with van der Waals surface area (Å²) in [6, 6.07) is -0.943. The van der Waals surface area contributed by atoms with Crippen molar-refractivity contribution in [1.82, 2.24) is 5.32 Å². The summed E-state index contributed by atoms with van der Waals surface area (Å²) >= 11 is 0. The average Bonchev–Trinajstić information content (AvgIpc) is 3.48. The SMILES string of the molecule is CCCCC/C=C\C/C=C\CCCCCCCCCCCC(=O)NC(COC1OC(CO)C(OC2OC(CO)C(O)C(O)C2O)C(O)C1O)C(O)/C=C/CC/C=C/CC/C=C/CCCCCCCCCCCCCCCCCCC. The Hall–Kier alpha value is -2.31. The first-order valence-electron chi connectivity index (χ1n) is 32.5. The van der Waals surface area contributed by atoms with E-state index in [9.17, 15) is 45.6 Å². The van der Waals surface area contributed by atoms with Crippen LogP contribution in [-0.4, -0.2) is 140 Å². The number of amides is 1. The van der Waals surface area contributed by atoms with E-state index in [1.807, 2.05) is 6.08 Å². The van der Waals surface area contributed by atoms with Crippen LogP contribution < -0.4 is 5.32 Å². The molecular weight excluding hydrogens is 1010 g/mol. The first kappa shape index (κ1) is 73.8. The fourth-order valence-electron chi connectivity index (χ4n) is 10.4.